The highest BCUT2D eigenvalue weighted by atomic mass is 35.5. The highest BCUT2D eigenvalue weighted by Gasteiger charge is 2.32. The van der Waals surface area contributed by atoms with Crippen LogP contribution in [0.2, 0.25) is 5.02 Å². The molecule has 1 aromatic heterocycles. The Labute approximate surface area is 178 Å². The summed E-state index contributed by atoms with van der Waals surface area (Å²) in [6, 6.07) is 15.5. The molecule has 1 aliphatic heterocycles. The van der Waals surface area contributed by atoms with Gasteiger partial charge in [0.05, 0.1) is 5.56 Å². The number of carbonyl (C=O) groups is 1. The molecule has 7 heteroatoms. The van der Waals surface area contributed by atoms with E-state index in [1.807, 2.05) is 44.3 Å². The van der Waals surface area contributed by atoms with Crippen molar-refractivity contribution in [3.8, 4) is 0 Å². The number of aryl methyl sites for hydroxylation is 1. The number of hydrogen-bond acceptors (Lipinski definition) is 4. The Morgan fingerprint density at radius 3 is 2.76 bits per heavy atom. The Hall–Kier alpha value is -2.57. The summed E-state index contributed by atoms with van der Waals surface area (Å²) in [6.45, 7) is 2.05. The van der Waals surface area contributed by atoms with Gasteiger partial charge in [0.15, 0.2) is 5.16 Å². The lowest BCUT2D eigenvalue weighted by Gasteiger charge is -2.27. The van der Waals surface area contributed by atoms with Crippen LogP contribution >= 0.6 is 23.4 Å². The number of fused-ring (bicyclic) bond motifs is 1. The number of amides is 1. The van der Waals surface area contributed by atoms with Crippen LogP contribution in [0.4, 0.5) is 5.82 Å². The number of benzene rings is 2. The molecule has 0 bridgehead atoms. The number of halogens is 1. The number of thioether (sulfide) groups is 1. The molecule has 1 N–H and O–H groups in total. The van der Waals surface area contributed by atoms with Crippen LogP contribution in [-0.2, 0) is 17.6 Å². The average Bonchev–Trinajstić information content (AvgIpc) is 2.69. The quantitative estimate of drug-likeness (QED) is 0.493. The maximum atomic E-state index is 13.0. The van der Waals surface area contributed by atoms with E-state index in [9.17, 15) is 9.59 Å². The van der Waals surface area contributed by atoms with Gasteiger partial charge in [0, 0.05) is 30.2 Å². The fourth-order valence-corrected chi connectivity index (χ4v) is 4.73. The molecule has 0 radical (unpaired) electrons. The Bertz CT molecular complexity index is 1160. The first-order valence-electron chi connectivity index (χ1n) is 9.27. The predicted molar refractivity (Wildman–Crippen MR) is 117 cm³/mol. The van der Waals surface area contributed by atoms with Crippen molar-refractivity contribution in [1.82, 2.24) is 9.55 Å². The molecule has 0 saturated heterocycles. The van der Waals surface area contributed by atoms with Crippen LogP contribution in [-0.4, -0.2) is 15.5 Å². The maximum absolute atomic E-state index is 13.0. The molecule has 148 valence electrons. The number of aromatic nitrogens is 2. The van der Waals surface area contributed by atoms with Crippen molar-refractivity contribution in [1.29, 1.82) is 0 Å². The van der Waals surface area contributed by atoms with E-state index in [0.717, 1.165) is 11.1 Å². The second-order valence-electron chi connectivity index (χ2n) is 7.16. The second-order valence-corrected chi connectivity index (χ2v) is 8.54. The van der Waals surface area contributed by atoms with Gasteiger partial charge in [-0.05, 0) is 30.2 Å². The van der Waals surface area contributed by atoms with Crippen molar-refractivity contribution >= 4 is 35.1 Å². The first-order chi connectivity index (χ1) is 13.9. The van der Waals surface area contributed by atoms with Gasteiger partial charge >= 0.3 is 0 Å². The van der Waals surface area contributed by atoms with E-state index in [0.29, 0.717) is 27.3 Å². The number of nitrogens with one attached hydrogen (secondary N) is 1. The monoisotopic (exact) mass is 425 g/mol. The summed E-state index contributed by atoms with van der Waals surface area (Å²) >= 11 is 7.61. The van der Waals surface area contributed by atoms with Crippen molar-refractivity contribution in [2.75, 3.05) is 5.32 Å². The third-order valence-corrected chi connectivity index (χ3v) is 6.34. The topological polar surface area (TPSA) is 64.0 Å². The molecule has 1 atom stereocenters. The van der Waals surface area contributed by atoms with E-state index in [1.165, 1.54) is 17.3 Å². The minimum absolute atomic E-state index is 0.127. The third kappa shape index (κ3) is 4.09. The normalized spacial score (nSPS) is 15.7. The second kappa shape index (κ2) is 8.05. The minimum Gasteiger partial charge on any atom is -0.312 e. The van der Waals surface area contributed by atoms with Crippen LogP contribution in [0.3, 0.4) is 0 Å². The van der Waals surface area contributed by atoms with Gasteiger partial charge in [-0.15, -0.1) is 0 Å². The SMILES string of the molecule is Cc1cccc(CSc2nc(=O)c3c(n2C)NC(=O)CC3c2cccc(Cl)c2)c1. The zero-order chi connectivity index (χ0) is 20.5. The molecular formula is C22H20ClN3O2S. The molecule has 4 rings (SSSR count). The van der Waals surface area contributed by atoms with Gasteiger partial charge in [0.2, 0.25) is 5.91 Å². The van der Waals surface area contributed by atoms with E-state index >= 15 is 0 Å². The summed E-state index contributed by atoms with van der Waals surface area (Å²) in [7, 11) is 1.82. The van der Waals surface area contributed by atoms with E-state index < -0.39 is 0 Å². The lowest BCUT2D eigenvalue weighted by atomic mass is 9.87. The van der Waals surface area contributed by atoms with Crippen LogP contribution in [0.15, 0.2) is 58.5 Å². The van der Waals surface area contributed by atoms with Gasteiger partial charge in [-0.2, -0.15) is 4.98 Å². The summed E-state index contributed by atoms with van der Waals surface area (Å²) in [5, 5.41) is 4.01. The van der Waals surface area contributed by atoms with Crippen molar-refractivity contribution in [3.05, 3.63) is 86.2 Å². The molecule has 1 amide bonds. The molecule has 0 fully saturated rings. The smallest absolute Gasteiger partial charge is 0.279 e. The summed E-state index contributed by atoms with van der Waals surface area (Å²) < 4.78 is 1.80. The highest BCUT2D eigenvalue weighted by molar-refractivity contribution is 7.98. The standard InChI is InChI=1S/C22H20ClN3O2S/c1-13-5-3-6-14(9-13)12-29-22-25-21(28)19-17(15-7-4-8-16(23)10-15)11-18(27)24-20(19)26(22)2/h3-10,17H,11-12H2,1-2H3,(H,24,27). The molecule has 5 nitrogen and oxygen atoms in total. The largest absolute Gasteiger partial charge is 0.312 e. The van der Waals surface area contributed by atoms with Crippen LogP contribution in [0.1, 0.15) is 34.6 Å². The lowest BCUT2D eigenvalue weighted by molar-refractivity contribution is -0.116. The Morgan fingerprint density at radius 1 is 1.21 bits per heavy atom. The zero-order valence-corrected chi connectivity index (χ0v) is 17.7. The number of hydrogen-bond donors (Lipinski definition) is 1. The summed E-state index contributed by atoms with van der Waals surface area (Å²) in [4.78, 5) is 29.7. The molecule has 0 aliphatic carbocycles. The Kier molecular flexibility index (Phi) is 5.48. The molecule has 1 aliphatic rings. The van der Waals surface area contributed by atoms with Gasteiger partial charge in [0.1, 0.15) is 5.82 Å². The highest BCUT2D eigenvalue weighted by Crippen LogP contribution is 2.36. The summed E-state index contributed by atoms with van der Waals surface area (Å²) in [5.74, 6) is 0.711. The number of anilines is 1. The van der Waals surface area contributed by atoms with Crippen molar-refractivity contribution in [2.45, 2.75) is 30.2 Å². The molecule has 2 aromatic carbocycles. The number of nitrogens with zero attached hydrogens (tertiary/aromatic N) is 2. The van der Waals surface area contributed by atoms with E-state index in [4.69, 9.17) is 11.6 Å². The Balaban J connectivity index is 1.72. The van der Waals surface area contributed by atoms with Crippen molar-refractivity contribution < 1.29 is 4.79 Å². The van der Waals surface area contributed by atoms with Gasteiger partial charge in [-0.25, -0.2) is 0 Å². The van der Waals surface area contributed by atoms with E-state index in [-0.39, 0.29) is 23.8 Å². The molecule has 3 aromatic rings. The van der Waals surface area contributed by atoms with Crippen molar-refractivity contribution in [2.24, 2.45) is 7.05 Å². The number of rotatable bonds is 4. The fourth-order valence-electron chi connectivity index (χ4n) is 3.62. The predicted octanol–water partition coefficient (Wildman–Crippen LogP) is 4.51. The van der Waals surface area contributed by atoms with Crippen LogP contribution in [0.5, 0.6) is 0 Å². The maximum Gasteiger partial charge on any atom is 0.279 e. The molecule has 29 heavy (non-hydrogen) atoms. The van der Waals surface area contributed by atoms with Crippen LogP contribution < -0.4 is 10.9 Å². The molecular weight excluding hydrogens is 406 g/mol. The Morgan fingerprint density at radius 2 is 2.00 bits per heavy atom. The summed E-state index contributed by atoms with van der Waals surface area (Å²) in [5.41, 5.74) is 3.38. The first-order valence-corrected chi connectivity index (χ1v) is 10.6. The zero-order valence-electron chi connectivity index (χ0n) is 16.1. The van der Waals surface area contributed by atoms with Crippen LogP contribution in [0.25, 0.3) is 0 Å². The van der Waals surface area contributed by atoms with Gasteiger partial charge in [0.25, 0.3) is 5.56 Å². The van der Waals surface area contributed by atoms with Crippen molar-refractivity contribution in [3.63, 3.8) is 0 Å². The lowest BCUT2D eigenvalue weighted by Crippen LogP contribution is -2.33. The first kappa shape index (κ1) is 19.7. The minimum atomic E-state index is -0.362. The van der Waals surface area contributed by atoms with E-state index in [1.54, 1.807) is 16.7 Å². The molecule has 2 heterocycles. The number of carbonyl (C=O) groups excluding carboxylic acids is 1. The third-order valence-electron chi connectivity index (χ3n) is 5.00. The van der Waals surface area contributed by atoms with E-state index in [2.05, 4.69) is 16.4 Å². The van der Waals surface area contributed by atoms with Gasteiger partial charge < -0.3 is 9.88 Å². The molecule has 0 spiro atoms. The fraction of sp³-hybridized carbons (Fsp3) is 0.227. The van der Waals surface area contributed by atoms with Gasteiger partial charge in [-0.1, -0.05) is 65.3 Å². The average molecular weight is 426 g/mol. The molecule has 1 unspecified atom stereocenters. The van der Waals surface area contributed by atoms with Crippen LogP contribution in [0, 0.1) is 6.92 Å². The summed E-state index contributed by atoms with van der Waals surface area (Å²) in [6.07, 6.45) is 0.194. The van der Waals surface area contributed by atoms with Gasteiger partial charge in [-0.3, -0.25) is 9.59 Å². The molecule has 0 saturated carbocycles.